The lowest BCUT2D eigenvalue weighted by Crippen LogP contribution is -2.42. The second-order valence-electron chi connectivity index (χ2n) is 6.14. The average Bonchev–Trinajstić information content (AvgIpc) is 2.49. The average molecular weight is 303 g/mol. The Morgan fingerprint density at radius 2 is 1.81 bits per heavy atom. The predicted octanol–water partition coefficient (Wildman–Crippen LogP) is 2.82. The van der Waals surface area contributed by atoms with Crippen LogP contribution in [0, 0.1) is 22.0 Å². The van der Waals surface area contributed by atoms with Gasteiger partial charge in [0.2, 0.25) is 6.04 Å². The molecule has 0 aromatic rings. The van der Waals surface area contributed by atoms with E-state index in [-0.39, 0.29) is 36.1 Å². The third kappa shape index (κ3) is 4.88. The molecule has 0 aromatic carbocycles. The topological polar surface area (TPSA) is 91.1 Å². The van der Waals surface area contributed by atoms with Crippen LogP contribution < -0.4 is 0 Å². The molecule has 2 aliphatic carbocycles. The van der Waals surface area contributed by atoms with E-state index in [0.717, 1.165) is 38.5 Å². The summed E-state index contributed by atoms with van der Waals surface area (Å²) in [6.07, 6.45) is 7.77. The maximum atomic E-state index is 11.2. The molecule has 2 saturated carbocycles. The van der Waals surface area contributed by atoms with Crippen molar-refractivity contribution < 1.29 is 24.8 Å². The first-order valence-corrected chi connectivity index (χ1v) is 7.90. The first kappa shape index (κ1) is 16.6. The van der Waals surface area contributed by atoms with Crippen molar-refractivity contribution >= 4 is 0 Å². The third-order valence-electron chi connectivity index (χ3n) is 4.75. The SMILES string of the molecule is O=[N+]([O-])C1CCCC(COO)C1COOC1CCCCC1. The summed E-state index contributed by atoms with van der Waals surface area (Å²) >= 11 is 0. The Morgan fingerprint density at radius 3 is 2.48 bits per heavy atom. The molecule has 0 radical (unpaired) electrons. The molecule has 0 amide bonds. The summed E-state index contributed by atoms with van der Waals surface area (Å²) in [7, 11) is 0. The Morgan fingerprint density at radius 1 is 1.05 bits per heavy atom. The molecule has 0 heterocycles. The Kier molecular flexibility index (Phi) is 6.82. The van der Waals surface area contributed by atoms with Gasteiger partial charge in [0.1, 0.15) is 0 Å². The highest BCUT2D eigenvalue weighted by Gasteiger charge is 2.41. The van der Waals surface area contributed by atoms with E-state index >= 15 is 0 Å². The van der Waals surface area contributed by atoms with Crippen LogP contribution in [0.5, 0.6) is 0 Å². The minimum Gasteiger partial charge on any atom is -0.264 e. The molecule has 2 rings (SSSR count). The van der Waals surface area contributed by atoms with E-state index in [1.807, 2.05) is 0 Å². The van der Waals surface area contributed by atoms with Crippen LogP contribution in [0.3, 0.4) is 0 Å². The van der Waals surface area contributed by atoms with E-state index < -0.39 is 6.04 Å². The van der Waals surface area contributed by atoms with Crippen LogP contribution in [0.4, 0.5) is 0 Å². The lowest BCUT2D eigenvalue weighted by molar-refractivity contribution is -0.542. The van der Waals surface area contributed by atoms with Crippen molar-refractivity contribution in [1.29, 1.82) is 0 Å². The van der Waals surface area contributed by atoms with Crippen LogP contribution in [-0.4, -0.2) is 35.5 Å². The lowest BCUT2D eigenvalue weighted by atomic mass is 9.77. The van der Waals surface area contributed by atoms with Gasteiger partial charge >= 0.3 is 0 Å². The Labute approximate surface area is 124 Å². The zero-order valence-electron chi connectivity index (χ0n) is 12.3. The van der Waals surface area contributed by atoms with Crippen LogP contribution in [-0.2, 0) is 14.7 Å². The first-order chi connectivity index (χ1) is 10.2. The largest absolute Gasteiger partial charge is 0.264 e. The van der Waals surface area contributed by atoms with Crippen molar-refractivity contribution in [2.24, 2.45) is 11.8 Å². The van der Waals surface area contributed by atoms with Gasteiger partial charge in [-0.1, -0.05) is 19.3 Å². The zero-order chi connectivity index (χ0) is 15.1. The molecule has 0 saturated heterocycles. The van der Waals surface area contributed by atoms with E-state index in [9.17, 15) is 10.1 Å². The summed E-state index contributed by atoms with van der Waals surface area (Å²) in [5.41, 5.74) is 0. The molecule has 2 fully saturated rings. The fourth-order valence-corrected chi connectivity index (χ4v) is 3.52. The van der Waals surface area contributed by atoms with Gasteiger partial charge in [-0.25, -0.2) is 14.7 Å². The summed E-state index contributed by atoms with van der Waals surface area (Å²) in [4.78, 5) is 25.9. The normalized spacial score (nSPS) is 31.2. The summed E-state index contributed by atoms with van der Waals surface area (Å²) in [5.74, 6) is -0.335. The van der Waals surface area contributed by atoms with Gasteiger partial charge in [-0.2, -0.15) is 0 Å². The fourth-order valence-electron chi connectivity index (χ4n) is 3.52. The first-order valence-electron chi connectivity index (χ1n) is 7.90. The number of nitrogens with zero attached hydrogens (tertiary/aromatic N) is 1. The van der Waals surface area contributed by atoms with Crippen molar-refractivity contribution in [3.8, 4) is 0 Å². The molecule has 3 atom stereocenters. The molecule has 7 nitrogen and oxygen atoms in total. The van der Waals surface area contributed by atoms with Gasteiger partial charge in [-0.3, -0.25) is 15.4 Å². The summed E-state index contributed by atoms with van der Waals surface area (Å²) in [6, 6.07) is -0.645. The van der Waals surface area contributed by atoms with Gasteiger partial charge < -0.3 is 0 Å². The minimum atomic E-state index is -0.645. The van der Waals surface area contributed by atoms with Crippen LogP contribution in [0.2, 0.25) is 0 Å². The van der Waals surface area contributed by atoms with Gasteiger partial charge in [-0.05, 0) is 31.6 Å². The second kappa shape index (κ2) is 8.63. The molecular formula is C14H25NO6. The quantitative estimate of drug-likeness (QED) is 0.442. The van der Waals surface area contributed by atoms with Gasteiger partial charge in [0.25, 0.3) is 0 Å². The van der Waals surface area contributed by atoms with Gasteiger partial charge in [-0.15, -0.1) is 0 Å². The highest BCUT2D eigenvalue weighted by molar-refractivity contribution is 4.82. The maximum Gasteiger partial charge on any atom is 0.218 e. The zero-order valence-corrected chi connectivity index (χ0v) is 12.3. The predicted molar refractivity (Wildman–Crippen MR) is 74.1 cm³/mol. The molecular weight excluding hydrogens is 278 g/mol. The molecule has 1 N–H and O–H groups in total. The standard InChI is InChI=1S/C14H25NO6/c16-15(17)14-8-4-5-11(9-19-18)13(14)10-20-21-12-6-2-1-3-7-12/h11-14,18H,1-10H2. The van der Waals surface area contributed by atoms with E-state index in [1.54, 1.807) is 0 Å². The Bertz CT molecular complexity index is 319. The van der Waals surface area contributed by atoms with Crippen LogP contribution in [0.25, 0.3) is 0 Å². The number of hydrogen-bond donors (Lipinski definition) is 1. The lowest BCUT2D eigenvalue weighted by Gasteiger charge is -2.32. The monoisotopic (exact) mass is 303 g/mol. The van der Waals surface area contributed by atoms with Crippen molar-refractivity contribution in [3.63, 3.8) is 0 Å². The van der Waals surface area contributed by atoms with Crippen molar-refractivity contribution in [2.75, 3.05) is 13.2 Å². The van der Waals surface area contributed by atoms with Crippen LogP contribution in [0.15, 0.2) is 0 Å². The number of nitro groups is 1. The molecule has 2 aliphatic rings. The highest BCUT2D eigenvalue weighted by Crippen LogP contribution is 2.33. The van der Waals surface area contributed by atoms with E-state index in [0.29, 0.717) is 6.42 Å². The highest BCUT2D eigenvalue weighted by atomic mass is 17.2. The molecule has 3 unspecified atom stereocenters. The summed E-state index contributed by atoms with van der Waals surface area (Å²) in [6.45, 7) is 0.304. The molecule has 0 spiro atoms. The van der Waals surface area contributed by atoms with E-state index in [2.05, 4.69) is 4.89 Å². The molecule has 0 aromatic heterocycles. The van der Waals surface area contributed by atoms with E-state index in [4.69, 9.17) is 15.0 Å². The third-order valence-corrected chi connectivity index (χ3v) is 4.75. The van der Waals surface area contributed by atoms with Crippen molar-refractivity contribution in [2.45, 2.75) is 63.5 Å². The van der Waals surface area contributed by atoms with Crippen LogP contribution >= 0.6 is 0 Å². The maximum absolute atomic E-state index is 11.2. The van der Waals surface area contributed by atoms with Crippen LogP contribution in [0.1, 0.15) is 51.4 Å². The molecule has 7 heteroatoms. The van der Waals surface area contributed by atoms with Gasteiger partial charge in [0.05, 0.1) is 25.2 Å². The minimum absolute atomic E-state index is 0.0610. The van der Waals surface area contributed by atoms with Crippen molar-refractivity contribution in [1.82, 2.24) is 0 Å². The molecule has 122 valence electrons. The van der Waals surface area contributed by atoms with Gasteiger partial charge in [0.15, 0.2) is 0 Å². The molecule has 0 aliphatic heterocycles. The number of hydrogen-bond acceptors (Lipinski definition) is 6. The fraction of sp³-hybridized carbons (Fsp3) is 1.00. The smallest absolute Gasteiger partial charge is 0.218 e. The second-order valence-corrected chi connectivity index (χ2v) is 6.14. The molecule has 21 heavy (non-hydrogen) atoms. The Hall–Kier alpha value is -0.760. The van der Waals surface area contributed by atoms with E-state index in [1.165, 1.54) is 6.42 Å². The summed E-state index contributed by atoms with van der Waals surface area (Å²) in [5, 5.41) is 19.8. The van der Waals surface area contributed by atoms with Crippen molar-refractivity contribution in [3.05, 3.63) is 10.1 Å². The number of rotatable bonds is 7. The Balaban J connectivity index is 1.83. The molecule has 0 bridgehead atoms. The van der Waals surface area contributed by atoms with Gasteiger partial charge in [0, 0.05) is 11.3 Å². The summed E-state index contributed by atoms with van der Waals surface area (Å²) < 4.78 is 0.